The molecule has 5 heteroatoms. The lowest BCUT2D eigenvalue weighted by Gasteiger charge is -2.16. The fourth-order valence-electron chi connectivity index (χ4n) is 2.11. The number of hydrogen-bond acceptors (Lipinski definition) is 2. The molecule has 1 N–H and O–H groups in total. The third-order valence-electron chi connectivity index (χ3n) is 3.16. The number of halogens is 2. The Morgan fingerprint density at radius 2 is 1.91 bits per heavy atom. The highest BCUT2D eigenvalue weighted by Gasteiger charge is 2.07. The van der Waals surface area contributed by atoms with Crippen LogP contribution >= 0.6 is 27.5 Å². The molecule has 2 aromatic carbocycles. The monoisotopic (exact) mass is 380 g/mol. The summed E-state index contributed by atoms with van der Waals surface area (Å²) in [4.78, 5) is 13.9. The molecule has 0 saturated carbocycles. The summed E-state index contributed by atoms with van der Waals surface area (Å²) in [5.74, 6) is -0.000382. The maximum Gasteiger partial charge on any atom is 0.234 e. The molecule has 0 aliphatic carbocycles. The minimum Gasteiger partial charge on any atom is -0.351 e. The van der Waals surface area contributed by atoms with Gasteiger partial charge in [0.05, 0.1) is 6.54 Å². The summed E-state index contributed by atoms with van der Waals surface area (Å²) in [6.45, 7) is 1.58. The van der Waals surface area contributed by atoms with E-state index in [2.05, 4.69) is 21.2 Å². The summed E-state index contributed by atoms with van der Waals surface area (Å²) in [6, 6.07) is 15.6. The molecule has 0 fully saturated rings. The van der Waals surface area contributed by atoms with Crippen molar-refractivity contribution in [1.29, 1.82) is 0 Å². The predicted molar refractivity (Wildman–Crippen MR) is 93.8 cm³/mol. The normalized spacial score (nSPS) is 10.7. The molecule has 0 aromatic heterocycles. The van der Waals surface area contributed by atoms with Gasteiger partial charge in [-0.15, -0.1) is 0 Å². The Morgan fingerprint density at radius 1 is 1.18 bits per heavy atom. The number of rotatable bonds is 6. The van der Waals surface area contributed by atoms with Gasteiger partial charge >= 0.3 is 0 Å². The molecule has 2 rings (SSSR count). The van der Waals surface area contributed by atoms with Gasteiger partial charge in [0.2, 0.25) is 5.91 Å². The van der Waals surface area contributed by atoms with Crippen molar-refractivity contribution in [3.8, 4) is 0 Å². The van der Waals surface area contributed by atoms with Crippen molar-refractivity contribution in [2.24, 2.45) is 0 Å². The van der Waals surface area contributed by atoms with Gasteiger partial charge in [0.25, 0.3) is 0 Å². The van der Waals surface area contributed by atoms with E-state index in [-0.39, 0.29) is 5.91 Å². The summed E-state index contributed by atoms with van der Waals surface area (Å²) < 4.78 is 1.05. The van der Waals surface area contributed by atoms with Crippen LogP contribution in [0, 0.1) is 0 Å². The number of amides is 1. The molecule has 2 aromatic rings. The second-order valence-corrected chi connectivity index (χ2v) is 6.56. The first-order valence-electron chi connectivity index (χ1n) is 6.97. The van der Waals surface area contributed by atoms with Crippen LogP contribution < -0.4 is 5.32 Å². The van der Waals surface area contributed by atoms with Crippen molar-refractivity contribution in [2.75, 3.05) is 13.6 Å². The summed E-state index contributed by atoms with van der Waals surface area (Å²) in [5, 5.41) is 3.58. The Bertz CT molecular complexity index is 631. The summed E-state index contributed by atoms with van der Waals surface area (Å²) in [7, 11) is 1.93. The maximum absolute atomic E-state index is 12.0. The molecule has 22 heavy (non-hydrogen) atoms. The number of carbonyl (C=O) groups excluding carboxylic acids is 1. The van der Waals surface area contributed by atoms with E-state index in [1.807, 2.05) is 60.5 Å². The molecule has 3 nitrogen and oxygen atoms in total. The Kier molecular flexibility index (Phi) is 6.43. The second kappa shape index (κ2) is 8.32. The SMILES string of the molecule is CN(CC(=O)NCc1cccc(Cl)c1)Cc1ccc(Br)cc1. The minimum atomic E-state index is -0.000382. The van der Waals surface area contributed by atoms with Crippen LogP contribution in [-0.4, -0.2) is 24.4 Å². The van der Waals surface area contributed by atoms with Gasteiger partial charge in [0, 0.05) is 22.6 Å². The zero-order chi connectivity index (χ0) is 15.9. The lowest BCUT2D eigenvalue weighted by atomic mass is 10.2. The number of carbonyl (C=O) groups is 1. The van der Waals surface area contributed by atoms with E-state index in [4.69, 9.17) is 11.6 Å². The molecule has 0 spiro atoms. The van der Waals surface area contributed by atoms with Gasteiger partial charge in [-0.25, -0.2) is 0 Å². The highest BCUT2D eigenvalue weighted by molar-refractivity contribution is 9.10. The molecular weight excluding hydrogens is 364 g/mol. The molecule has 0 bridgehead atoms. The lowest BCUT2D eigenvalue weighted by Crippen LogP contribution is -2.34. The quantitative estimate of drug-likeness (QED) is 0.824. The first-order chi connectivity index (χ1) is 10.5. The predicted octanol–water partition coefficient (Wildman–Crippen LogP) is 3.85. The number of hydrogen-bond donors (Lipinski definition) is 1. The first kappa shape index (κ1) is 17.0. The third-order valence-corrected chi connectivity index (χ3v) is 3.92. The van der Waals surface area contributed by atoms with E-state index in [1.54, 1.807) is 0 Å². The Morgan fingerprint density at radius 3 is 2.59 bits per heavy atom. The third kappa shape index (κ3) is 5.79. The van der Waals surface area contributed by atoms with Crippen molar-refractivity contribution >= 4 is 33.4 Å². The van der Waals surface area contributed by atoms with Gasteiger partial charge in [-0.1, -0.05) is 51.8 Å². The average Bonchev–Trinajstić information content (AvgIpc) is 2.47. The van der Waals surface area contributed by atoms with E-state index in [0.717, 1.165) is 16.6 Å². The standard InChI is InChI=1S/C17H18BrClN2O/c1-21(11-13-5-7-15(18)8-6-13)12-17(22)20-10-14-3-2-4-16(19)9-14/h2-9H,10-12H2,1H3,(H,20,22). The molecule has 0 heterocycles. The van der Waals surface area contributed by atoms with Gasteiger partial charge in [0.15, 0.2) is 0 Å². The largest absolute Gasteiger partial charge is 0.351 e. The Balaban J connectivity index is 1.77. The molecule has 0 aliphatic heterocycles. The molecule has 0 unspecified atom stereocenters. The van der Waals surface area contributed by atoms with Crippen LogP contribution in [0.15, 0.2) is 53.0 Å². The van der Waals surface area contributed by atoms with Crippen molar-refractivity contribution < 1.29 is 4.79 Å². The number of nitrogens with zero attached hydrogens (tertiary/aromatic N) is 1. The van der Waals surface area contributed by atoms with Crippen LogP contribution in [0.2, 0.25) is 5.02 Å². The number of nitrogens with one attached hydrogen (secondary N) is 1. The van der Waals surface area contributed by atoms with Crippen LogP contribution in [0.1, 0.15) is 11.1 Å². The number of likely N-dealkylation sites (N-methyl/N-ethyl adjacent to an activating group) is 1. The Labute approximate surface area is 144 Å². The molecule has 0 saturated heterocycles. The van der Waals surface area contributed by atoms with Crippen LogP contribution in [0.25, 0.3) is 0 Å². The van der Waals surface area contributed by atoms with E-state index in [1.165, 1.54) is 5.56 Å². The van der Waals surface area contributed by atoms with Crippen molar-refractivity contribution in [1.82, 2.24) is 10.2 Å². The molecule has 0 aliphatic rings. The molecule has 116 valence electrons. The van der Waals surface area contributed by atoms with E-state index in [9.17, 15) is 4.79 Å². The molecule has 0 atom stereocenters. The topological polar surface area (TPSA) is 32.3 Å². The molecular formula is C17H18BrClN2O. The van der Waals surface area contributed by atoms with E-state index in [0.29, 0.717) is 18.1 Å². The van der Waals surface area contributed by atoms with Crippen molar-refractivity contribution in [3.63, 3.8) is 0 Å². The van der Waals surface area contributed by atoms with Gasteiger partial charge < -0.3 is 5.32 Å². The number of benzene rings is 2. The smallest absolute Gasteiger partial charge is 0.234 e. The fraction of sp³-hybridized carbons (Fsp3) is 0.235. The highest BCUT2D eigenvalue weighted by atomic mass is 79.9. The van der Waals surface area contributed by atoms with Crippen molar-refractivity contribution in [3.05, 3.63) is 69.2 Å². The summed E-state index contributed by atoms with van der Waals surface area (Å²) in [5.41, 5.74) is 2.17. The zero-order valence-corrected chi connectivity index (χ0v) is 14.7. The van der Waals surface area contributed by atoms with Gasteiger partial charge in [-0.3, -0.25) is 9.69 Å². The fourth-order valence-corrected chi connectivity index (χ4v) is 2.58. The molecule has 1 amide bonds. The second-order valence-electron chi connectivity index (χ2n) is 5.21. The van der Waals surface area contributed by atoms with Crippen LogP contribution in [0.4, 0.5) is 0 Å². The Hall–Kier alpha value is -1.36. The van der Waals surface area contributed by atoms with Gasteiger partial charge in [-0.05, 0) is 42.4 Å². The van der Waals surface area contributed by atoms with E-state index < -0.39 is 0 Å². The highest BCUT2D eigenvalue weighted by Crippen LogP contribution is 2.12. The molecule has 0 radical (unpaired) electrons. The maximum atomic E-state index is 12.0. The summed E-state index contributed by atoms with van der Waals surface area (Å²) in [6.07, 6.45) is 0. The lowest BCUT2D eigenvalue weighted by molar-refractivity contribution is -0.122. The minimum absolute atomic E-state index is 0.000382. The van der Waals surface area contributed by atoms with Crippen molar-refractivity contribution in [2.45, 2.75) is 13.1 Å². The van der Waals surface area contributed by atoms with Crippen LogP contribution in [0.5, 0.6) is 0 Å². The van der Waals surface area contributed by atoms with Crippen LogP contribution in [-0.2, 0) is 17.9 Å². The first-order valence-corrected chi connectivity index (χ1v) is 8.14. The zero-order valence-electron chi connectivity index (χ0n) is 12.4. The average molecular weight is 382 g/mol. The summed E-state index contributed by atoms with van der Waals surface area (Å²) >= 11 is 9.33. The van der Waals surface area contributed by atoms with Gasteiger partial charge in [-0.2, -0.15) is 0 Å². The van der Waals surface area contributed by atoms with Gasteiger partial charge in [0.1, 0.15) is 0 Å². The van der Waals surface area contributed by atoms with Crippen LogP contribution in [0.3, 0.4) is 0 Å². The van der Waals surface area contributed by atoms with E-state index >= 15 is 0 Å².